The number of amides is 1. The Hall–Kier alpha value is -1.35. The first-order valence-corrected chi connectivity index (χ1v) is 9.66. The number of hydrogen-bond donors (Lipinski definition) is 1. The molecule has 0 spiro atoms. The number of hydrogen-bond acceptors (Lipinski definition) is 5. The quantitative estimate of drug-likeness (QED) is 0.648. The minimum atomic E-state index is -3.31. The average molecular weight is 378 g/mol. The number of nitrogens with one attached hydrogen (secondary N) is 1. The number of sulfonamides is 1. The van der Waals surface area contributed by atoms with Gasteiger partial charge in [0, 0.05) is 31.2 Å². The molecule has 0 aliphatic rings. The summed E-state index contributed by atoms with van der Waals surface area (Å²) in [5.41, 5.74) is 0. The van der Waals surface area contributed by atoms with Crippen LogP contribution in [-0.4, -0.2) is 76.7 Å². The summed E-state index contributed by atoms with van der Waals surface area (Å²) in [6.07, 6.45) is 1.16. The predicted molar refractivity (Wildman–Crippen MR) is 94.9 cm³/mol. The third kappa shape index (κ3) is 8.49. The number of carbonyl (C=O) groups is 1. The fourth-order valence-corrected chi connectivity index (χ4v) is 2.77. The summed E-state index contributed by atoms with van der Waals surface area (Å²) in [6.45, 7) is 1.30. The first-order valence-electron chi connectivity index (χ1n) is 7.43. The van der Waals surface area contributed by atoms with E-state index in [4.69, 9.17) is 16.3 Å². The van der Waals surface area contributed by atoms with E-state index >= 15 is 0 Å². The van der Waals surface area contributed by atoms with Gasteiger partial charge in [0.2, 0.25) is 10.0 Å². The summed E-state index contributed by atoms with van der Waals surface area (Å²) in [5, 5.41) is 3.23. The summed E-state index contributed by atoms with van der Waals surface area (Å²) >= 11 is 5.76. The van der Waals surface area contributed by atoms with Crippen molar-refractivity contribution in [2.24, 2.45) is 0 Å². The van der Waals surface area contributed by atoms with E-state index in [-0.39, 0.29) is 25.6 Å². The van der Waals surface area contributed by atoms with E-state index in [9.17, 15) is 13.2 Å². The molecular weight excluding hydrogens is 354 g/mol. The molecule has 0 saturated carbocycles. The van der Waals surface area contributed by atoms with Crippen molar-refractivity contribution in [1.29, 1.82) is 0 Å². The maximum Gasteiger partial charge on any atom is 0.257 e. The van der Waals surface area contributed by atoms with Crippen molar-refractivity contribution >= 4 is 27.5 Å². The summed E-state index contributed by atoms with van der Waals surface area (Å²) in [4.78, 5) is 13.6. The third-order valence-electron chi connectivity index (χ3n) is 3.13. The smallest absolute Gasteiger partial charge is 0.257 e. The minimum Gasteiger partial charge on any atom is -0.484 e. The van der Waals surface area contributed by atoms with Crippen LogP contribution in [0, 0.1) is 0 Å². The van der Waals surface area contributed by atoms with Crippen molar-refractivity contribution in [1.82, 2.24) is 14.5 Å². The monoisotopic (exact) mass is 377 g/mol. The maximum absolute atomic E-state index is 11.7. The molecule has 0 aliphatic carbocycles. The number of rotatable bonds is 10. The molecule has 0 radical (unpaired) electrons. The van der Waals surface area contributed by atoms with Gasteiger partial charge in [0.1, 0.15) is 5.75 Å². The Morgan fingerprint density at radius 2 is 1.79 bits per heavy atom. The SMILES string of the molecule is CN(C)CCN(CCNC(=O)COc1ccc(Cl)cc1)S(C)(=O)=O. The standard InChI is InChI=1S/C15H24ClN3O4S/c1-18(2)10-11-19(24(3,21)22)9-8-17-15(20)12-23-14-6-4-13(16)5-7-14/h4-7H,8-12H2,1-3H3,(H,17,20). The fraction of sp³-hybridized carbons (Fsp3) is 0.533. The first kappa shape index (κ1) is 20.7. The van der Waals surface area contributed by atoms with Crippen molar-refractivity contribution in [3.8, 4) is 5.75 Å². The van der Waals surface area contributed by atoms with Crippen LogP contribution >= 0.6 is 11.6 Å². The van der Waals surface area contributed by atoms with E-state index in [1.54, 1.807) is 24.3 Å². The highest BCUT2D eigenvalue weighted by atomic mass is 35.5. The van der Waals surface area contributed by atoms with E-state index in [1.165, 1.54) is 4.31 Å². The Morgan fingerprint density at radius 3 is 2.33 bits per heavy atom. The van der Waals surface area contributed by atoms with Crippen LogP contribution in [0.5, 0.6) is 5.75 Å². The van der Waals surface area contributed by atoms with Crippen LogP contribution in [0.25, 0.3) is 0 Å². The van der Waals surface area contributed by atoms with Crippen LogP contribution in [0.2, 0.25) is 5.02 Å². The molecule has 136 valence electrons. The van der Waals surface area contributed by atoms with E-state index < -0.39 is 10.0 Å². The van der Waals surface area contributed by atoms with Crippen molar-refractivity contribution in [2.75, 3.05) is 53.1 Å². The lowest BCUT2D eigenvalue weighted by Gasteiger charge is -2.22. The zero-order valence-corrected chi connectivity index (χ0v) is 15.7. The zero-order valence-electron chi connectivity index (χ0n) is 14.2. The molecule has 0 bridgehead atoms. The van der Waals surface area contributed by atoms with Crippen LogP contribution < -0.4 is 10.1 Å². The summed E-state index contributed by atoms with van der Waals surface area (Å²) in [5.74, 6) is 0.226. The van der Waals surface area contributed by atoms with Crippen molar-refractivity contribution in [3.05, 3.63) is 29.3 Å². The van der Waals surface area contributed by atoms with Crippen molar-refractivity contribution < 1.29 is 17.9 Å². The van der Waals surface area contributed by atoms with E-state index in [0.717, 1.165) is 6.26 Å². The highest BCUT2D eigenvalue weighted by Crippen LogP contribution is 2.15. The van der Waals surface area contributed by atoms with Crippen LogP contribution in [0.3, 0.4) is 0 Å². The van der Waals surface area contributed by atoms with E-state index in [2.05, 4.69) is 5.32 Å². The molecule has 1 rings (SSSR count). The van der Waals surface area contributed by atoms with Gasteiger partial charge in [0.25, 0.3) is 5.91 Å². The molecule has 0 aliphatic heterocycles. The van der Waals surface area contributed by atoms with Gasteiger partial charge in [-0.05, 0) is 38.4 Å². The Kier molecular flexibility index (Phi) is 8.47. The van der Waals surface area contributed by atoms with Gasteiger partial charge in [-0.3, -0.25) is 4.79 Å². The molecule has 0 fully saturated rings. The largest absolute Gasteiger partial charge is 0.484 e. The third-order valence-corrected chi connectivity index (χ3v) is 4.69. The number of benzene rings is 1. The van der Waals surface area contributed by atoms with Crippen LogP contribution in [0.4, 0.5) is 0 Å². The summed E-state index contributed by atoms with van der Waals surface area (Å²) in [6, 6.07) is 6.68. The molecule has 24 heavy (non-hydrogen) atoms. The molecule has 7 nitrogen and oxygen atoms in total. The molecule has 1 aromatic carbocycles. The van der Waals surface area contributed by atoms with Gasteiger partial charge in [0.15, 0.2) is 6.61 Å². The Labute approximate surface area is 148 Å². The first-order chi connectivity index (χ1) is 11.2. The number of likely N-dealkylation sites (N-methyl/N-ethyl adjacent to an activating group) is 1. The fourth-order valence-electron chi connectivity index (χ4n) is 1.81. The molecule has 1 amide bonds. The number of carbonyl (C=O) groups excluding carboxylic acids is 1. The molecule has 0 aromatic heterocycles. The minimum absolute atomic E-state index is 0.141. The van der Waals surface area contributed by atoms with Gasteiger partial charge in [-0.1, -0.05) is 11.6 Å². The lowest BCUT2D eigenvalue weighted by atomic mass is 10.3. The Bertz CT molecular complexity index is 620. The maximum atomic E-state index is 11.7. The van der Waals surface area contributed by atoms with Gasteiger partial charge < -0.3 is 15.0 Å². The second kappa shape index (κ2) is 9.83. The normalized spacial score (nSPS) is 11.8. The molecule has 0 heterocycles. The number of nitrogens with zero attached hydrogens (tertiary/aromatic N) is 2. The second-order valence-electron chi connectivity index (χ2n) is 5.56. The molecule has 1 N–H and O–H groups in total. The molecule has 9 heteroatoms. The van der Waals surface area contributed by atoms with Crippen molar-refractivity contribution in [2.45, 2.75) is 0 Å². The molecule has 0 unspecified atom stereocenters. The van der Waals surface area contributed by atoms with E-state index in [1.807, 2.05) is 19.0 Å². The lowest BCUT2D eigenvalue weighted by molar-refractivity contribution is -0.123. The molecule has 0 atom stereocenters. The van der Waals surface area contributed by atoms with Gasteiger partial charge in [-0.15, -0.1) is 0 Å². The molecular formula is C15H24ClN3O4S. The average Bonchev–Trinajstić information content (AvgIpc) is 2.48. The Morgan fingerprint density at radius 1 is 1.17 bits per heavy atom. The lowest BCUT2D eigenvalue weighted by Crippen LogP contribution is -2.42. The van der Waals surface area contributed by atoms with Gasteiger partial charge in [0.05, 0.1) is 6.26 Å². The van der Waals surface area contributed by atoms with Crippen LogP contribution in [0.15, 0.2) is 24.3 Å². The summed E-state index contributed by atoms with van der Waals surface area (Å²) in [7, 11) is 0.436. The number of halogens is 1. The molecule has 0 saturated heterocycles. The topological polar surface area (TPSA) is 79.0 Å². The van der Waals surface area contributed by atoms with E-state index in [0.29, 0.717) is 23.9 Å². The highest BCUT2D eigenvalue weighted by molar-refractivity contribution is 7.88. The van der Waals surface area contributed by atoms with Gasteiger partial charge >= 0.3 is 0 Å². The van der Waals surface area contributed by atoms with Crippen LogP contribution in [-0.2, 0) is 14.8 Å². The Balaban J connectivity index is 2.35. The second-order valence-corrected chi connectivity index (χ2v) is 7.98. The van der Waals surface area contributed by atoms with Crippen LogP contribution in [0.1, 0.15) is 0 Å². The molecule has 1 aromatic rings. The van der Waals surface area contributed by atoms with Gasteiger partial charge in [-0.2, -0.15) is 4.31 Å². The van der Waals surface area contributed by atoms with Crippen molar-refractivity contribution in [3.63, 3.8) is 0 Å². The summed E-state index contributed by atoms with van der Waals surface area (Å²) < 4.78 is 30.1. The predicted octanol–water partition coefficient (Wildman–Crippen LogP) is 0.658. The highest BCUT2D eigenvalue weighted by Gasteiger charge is 2.16. The zero-order chi connectivity index (χ0) is 18.2. The van der Waals surface area contributed by atoms with Gasteiger partial charge in [-0.25, -0.2) is 8.42 Å². The number of ether oxygens (including phenoxy) is 1.